The molecule has 2 heteroatoms. The highest BCUT2D eigenvalue weighted by molar-refractivity contribution is 5.82. The van der Waals surface area contributed by atoms with Crippen LogP contribution in [0.3, 0.4) is 0 Å². The zero-order chi connectivity index (χ0) is 8.72. The summed E-state index contributed by atoms with van der Waals surface area (Å²) in [6.07, 6.45) is 0.974. The van der Waals surface area contributed by atoms with Crippen LogP contribution in [0.25, 0.3) is 0 Å². The molecule has 0 radical (unpaired) electrons. The quantitative estimate of drug-likeness (QED) is 0.671. The Balaban J connectivity index is 2.10. The highest BCUT2D eigenvalue weighted by atomic mass is 16.3. The summed E-state index contributed by atoms with van der Waals surface area (Å²) in [6.45, 7) is 3.58. The average molecular weight is 164 g/mol. The van der Waals surface area contributed by atoms with Gasteiger partial charge < -0.3 is 4.42 Å². The maximum absolute atomic E-state index is 11.0. The molecule has 2 rings (SSSR count). The summed E-state index contributed by atoms with van der Waals surface area (Å²) in [7, 11) is 0. The van der Waals surface area contributed by atoms with Crippen molar-refractivity contribution in [1.82, 2.24) is 0 Å². The molecule has 1 aromatic heterocycles. The van der Waals surface area contributed by atoms with Gasteiger partial charge in [0.25, 0.3) is 0 Å². The summed E-state index contributed by atoms with van der Waals surface area (Å²) >= 11 is 0. The SMILES string of the molecule is CC(=O)[C@H]1C[C@@H]1c1ccc(C)o1. The second kappa shape index (κ2) is 2.47. The molecule has 2 atom stereocenters. The molecule has 1 aliphatic carbocycles. The first-order valence-electron chi connectivity index (χ1n) is 4.25. The number of carbonyl (C=O) groups is 1. The summed E-state index contributed by atoms with van der Waals surface area (Å²) in [5, 5.41) is 0. The summed E-state index contributed by atoms with van der Waals surface area (Å²) < 4.78 is 5.44. The molecule has 64 valence electrons. The zero-order valence-corrected chi connectivity index (χ0v) is 7.33. The van der Waals surface area contributed by atoms with E-state index in [9.17, 15) is 4.79 Å². The fraction of sp³-hybridized carbons (Fsp3) is 0.500. The van der Waals surface area contributed by atoms with E-state index < -0.39 is 0 Å². The lowest BCUT2D eigenvalue weighted by Crippen LogP contribution is -1.93. The van der Waals surface area contributed by atoms with Gasteiger partial charge in [-0.25, -0.2) is 0 Å². The standard InChI is InChI=1S/C10H12O2/c1-6-3-4-10(12-6)9-5-8(9)7(2)11/h3-4,8-9H,5H2,1-2H3/t8-,9+/m1/s1. The number of rotatable bonds is 2. The van der Waals surface area contributed by atoms with Crippen LogP contribution in [0.2, 0.25) is 0 Å². The fourth-order valence-corrected chi connectivity index (χ4v) is 1.61. The summed E-state index contributed by atoms with van der Waals surface area (Å²) in [6, 6.07) is 3.92. The van der Waals surface area contributed by atoms with Crippen molar-refractivity contribution in [2.24, 2.45) is 5.92 Å². The topological polar surface area (TPSA) is 30.2 Å². The fourth-order valence-electron chi connectivity index (χ4n) is 1.61. The first kappa shape index (κ1) is 7.59. The van der Waals surface area contributed by atoms with Crippen LogP contribution < -0.4 is 0 Å². The van der Waals surface area contributed by atoms with Gasteiger partial charge in [0.05, 0.1) is 0 Å². The second-order valence-corrected chi connectivity index (χ2v) is 3.51. The van der Waals surface area contributed by atoms with E-state index in [-0.39, 0.29) is 11.7 Å². The van der Waals surface area contributed by atoms with E-state index >= 15 is 0 Å². The lowest BCUT2D eigenvalue weighted by molar-refractivity contribution is -0.118. The van der Waals surface area contributed by atoms with Crippen LogP contribution >= 0.6 is 0 Å². The first-order chi connectivity index (χ1) is 5.68. The van der Waals surface area contributed by atoms with Crippen molar-refractivity contribution in [3.8, 4) is 0 Å². The second-order valence-electron chi connectivity index (χ2n) is 3.51. The highest BCUT2D eigenvalue weighted by Crippen LogP contribution is 2.48. The molecule has 0 N–H and O–H groups in total. The van der Waals surface area contributed by atoms with Crippen molar-refractivity contribution in [1.29, 1.82) is 0 Å². The van der Waals surface area contributed by atoms with Crippen molar-refractivity contribution in [3.63, 3.8) is 0 Å². The molecule has 0 spiro atoms. The highest BCUT2D eigenvalue weighted by Gasteiger charge is 2.43. The number of ketones is 1. The van der Waals surface area contributed by atoms with Crippen molar-refractivity contribution in [3.05, 3.63) is 23.7 Å². The number of Topliss-reactive ketones (excluding diaryl/α,β-unsaturated/α-hetero) is 1. The molecule has 0 unspecified atom stereocenters. The maximum atomic E-state index is 11.0. The number of hydrogen-bond donors (Lipinski definition) is 0. The first-order valence-corrected chi connectivity index (χ1v) is 4.25. The number of furan rings is 1. The van der Waals surface area contributed by atoms with Gasteiger partial charge in [-0.1, -0.05) is 0 Å². The Hall–Kier alpha value is -1.05. The maximum Gasteiger partial charge on any atom is 0.133 e. The van der Waals surface area contributed by atoms with Crippen LogP contribution in [0.1, 0.15) is 30.8 Å². The third-order valence-corrected chi connectivity index (χ3v) is 2.44. The van der Waals surface area contributed by atoms with Gasteiger partial charge in [-0.3, -0.25) is 4.79 Å². The van der Waals surface area contributed by atoms with Crippen LogP contribution in [0.4, 0.5) is 0 Å². The molecule has 2 nitrogen and oxygen atoms in total. The summed E-state index contributed by atoms with van der Waals surface area (Å²) in [4.78, 5) is 11.0. The smallest absolute Gasteiger partial charge is 0.133 e. The Kier molecular flexibility index (Phi) is 1.56. The lowest BCUT2D eigenvalue weighted by atomic mass is 10.2. The van der Waals surface area contributed by atoms with Gasteiger partial charge in [-0.05, 0) is 32.4 Å². The van der Waals surface area contributed by atoms with Crippen molar-refractivity contribution in [2.75, 3.05) is 0 Å². The van der Waals surface area contributed by atoms with Crippen LogP contribution in [0.5, 0.6) is 0 Å². The Morgan fingerprint density at radius 1 is 1.58 bits per heavy atom. The van der Waals surface area contributed by atoms with E-state index in [1.54, 1.807) is 6.92 Å². The Morgan fingerprint density at radius 2 is 2.33 bits per heavy atom. The van der Waals surface area contributed by atoms with Gasteiger partial charge in [-0.15, -0.1) is 0 Å². The minimum Gasteiger partial charge on any atom is -0.466 e. The van der Waals surface area contributed by atoms with Gasteiger partial charge in [0, 0.05) is 11.8 Å². The summed E-state index contributed by atoms with van der Waals surface area (Å²) in [5.74, 6) is 2.80. The van der Waals surface area contributed by atoms with Crippen molar-refractivity contribution in [2.45, 2.75) is 26.2 Å². The Labute approximate surface area is 71.6 Å². The average Bonchev–Trinajstić information content (AvgIpc) is 2.70. The van der Waals surface area contributed by atoms with Crippen molar-refractivity contribution >= 4 is 5.78 Å². The monoisotopic (exact) mass is 164 g/mol. The van der Waals surface area contributed by atoms with E-state index in [1.807, 2.05) is 19.1 Å². The molecule has 1 aromatic rings. The van der Waals surface area contributed by atoms with E-state index in [4.69, 9.17) is 4.42 Å². The molecule has 0 saturated heterocycles. The zero-order valence-electron chi connectivity index (χ0n) is 7.33. The van der Waals surface area contributed by atoms with Crippen LogP contribution in [0.15, 0.2) is 16.5 Å². The van der Waals surface area contributed by atoms with Crippen LogP contribution in [0, 0.1) is 12.8 Å². The molecular formula is C10H12O2. The van der Waals surface area contributed by atoms with E-state index in [0.29, 0.717) is 5.92 Å². The van der Waals surface area contributed by atoms with E-state index in [2.05, 4.69) is 0 Å². The molecule has 1 fully saturated rings. The minimum atomic E-state index is 0.232. The van der Waals surface area contributed by atoms with Crippen molar-refractivity contribution < 1.29 is 9.21 Å². The lowest BCUT2D eigenvalue weighted by Gasteiger charge is -1.90. The number of carbonyl (C=O) groups excluding carboxylic acids is 1. The molecule has 0 aromatic carbocycles. The number of aryl methyl sites for hydroxylation is 1. The molecule has 1 saturated carbocycles. The Bertz CT molecular complexity index is 311. The van der Waals surface area contributed by atoms with E-state index in [0.717, 1.165) is 17.9 Å². The molecule has 0 amide bonds. The van der Waals surface area contributed by atoms with Gasteiger partial charge >= 0.3 is 0 Å². The van der Waals surface area contributed by atoms with Gasteiger partial charge in [0.1, 0.15) is 17.3 Å². The molecule has 12 heavy (non-hydrogen) atoms. The van der Waals surface area contributed by atoms with Gasteiger partial charge in [0.15, 0.2) is 0 Å². The van der Waals surface area contributed by atoms with Gasteiger partial charge in [0.2, 0.25) is 0 Å². The predicted octanol–water partition coefficient (Wildman–Crippen LogP) is 2.28. The third-order valence-electron chi connectivity index (χ3n) is 2.44. The minimum absolute atomic E-state index is 0.232. The largest absolute Gasteiger partial charge is 0.466 e. The number of hydrogen-bond acceptors (Lipinski definition) is 2. The third kappa shape index (κ3) is 1.17. The molecule has 0 aliphatic heterocycles. The molecule has 0 bridgehead atoms. The predicted molar refractivity (Wildman–Crippen MR) is 45.0 cm³/mol. The van der Waals surface area contributed by atoms with Crippen LogP contribution in [-0.2, 0) is 4.79 Å². The van der Waals surface area contributed by atoms with E-state index in [1.165, 1.54) is 0 Å². The molecule has 1 aliphatic rings. The molecule has 1 heterocycles. The van der Waals surface area contributed by atoms with Gasteiger partial charge in [-0.2, -0.15) is 0 Å². The van der Waals surface area contributed by atoms with Crippen LogP contribution in [-0.4, -0.2) is 5.78 Å². The normalized spacial score (nSPS) is 27.2. The molecular weight excluding hydrogens is 152 g/mol. The Morgan fingerprint density at radius 3 is 2.75 bits per heavy atom. The summed E-state index contributed by atoms with van der Waals surface area (Å²) in [5.41, 5.74) is 0.